The molecular weight excluding hydrogens is 577 g/mol. The molecule has 1 saturated carbocycles. The highest BCUT2D eigenvalue weighted by atomic mass is 35.5. The minimum Gasteiger partial charge on any atom is -0.458 e. The number of rotatable bonds is 7. The van der Waals surface area contributed by atoms with Crippen molar-refractivity contribution >= 4 is 50.8 Å². The Bertz CT molecular complexity index is 1550. The highest BCUT2D eigenvalue weighted by Gasteiger charge is 2.44. The molecule has 0 spiro atoms. The summed E-state index contributed by atoms with van der Waals surface area (Å²) in [5.74, 6) is -0.491. The second kappa shape index (κ2) is 10.4. The molecule has 40 heavy (non-hydrogen) atoms. The smallest absolute Gasteiger partial charge is 0.344 e. The van der Waals surface area contributed by atoms with Crippen LogP contribution in [0.1, 0.15) is 70.9 Å². The molecule has 3 fully saturated rings. The zero-order valence-corrected chi connectivity index (χ0v) is 23.9. The number of ether oxygens (including phenoxy) is 1. The number of fused-ring (bicyclic) bond motifs is 2. The molecule has 3 heterocycles. The van der Waals surface area contributed by atoms with Crippen LogP contribution >= 0.6 is 23.2 Å². The molecule has 2 saturated heterocycles. The Kier molecular flexibility index (Phi) is 7.04. The average molecular weight is 605 g/mol. The molecule has 2 aromatic carbocycles. The summed E-state index contributed by atoms with van der Waals surface area (Å²) in [5.41, 5.74) is 2.27. The summed E-state index contributed by atoms with van der Waals surface area (Å²) in [4.78, 5) is 28.1. The number of nitrogens with one attached hydrogen (secondary N) is 1. The first-order valence-electron chi connectivity index (χ1n) is 13.1. The number of sulfonamides is 1. The Labute approximate surface area is 241 Å². The van der Waals surface area contributed by atoms with E-state index in [4.69, 9.17) is 32.5 Å². The fraction of sp³-hybridized carbons (Fsp3) is 0.393. The summed E-state index contributed by atoms with van der Waals surface area (Å²) in [6, 6.07) is 12.3. The van der Waals surface area contributed by atoms with Gasteiger partial charge in [-0.15, -0.1) is 0 Å². The molecule has 2 aliphatic heterocycles. The van der Waals surface area contributed by atoms with Crippen LogP contribution in [-0.2, 0) is 14.8 Å². The Balaban J connectivity index is 1.19. The van der Waals surface area contributed by atoms with Crippen LogP contribution in [-0.4, -0.2) is 49.9 Å². The van der Waals surface area contributed by atoms with Crippen LogP contribution in [0.5, 0.6) is 0 Å². The van der Waals surface area contributed by atoms with Crippen molar-refractivity contribution in [3.8, 4) is 11.3 Å². The molecular formula is C28H27Cl2N3O6S. The van der Waals surface area contributed by atoms with Crippen molar-refractivity contribution in [2.24, 2.45) is 0 Å². The van der Waals surface area contributed by atoms with Gasteiger partial charge in [0.15, 0.2) is 5.76 Å². The Morgan fingerprint density at radius 3 is 2.20 bits per heavy atom. The first-order chi connectivity index (χ1) is 19.1. The van der Waals surface area contributed by atoms with E-state index in [1.54, 1.807) is 30.3 Å². The fourth-order valence-electron chi connectivity index (χ4n) is 5.89. The molecule has 3 aliphatic rings. The minimum atomic E-state index is -3.64. The van der Waals surface area contributed by atoms with Gasteiger partial charge in [0, 0.05) is 47.7 Å². The number of aromatic nitrogens is 1. The lowest BCUT2D eigenvalue weighted by molar-refractivity contribution is 0.0202. The van der Waals surface area contributed by atoms with Gasteiger partial charge in [-0.2, -0.15) is 0 Å². The van der Waals surface area contributed by atoms with Crippen LogP contribution in [0.15, 0.2) is 47.0 Å². The highest BCUT2D eigenvalue weighted by Crippen LogP contribution is 2.47. The second-order valence-electron chi connectivity index (χ2n) is 10.7. The first kappa shape index (κ1) is 27.1. The van der Waals surface area contributed by atoms with Crippen LogP contribution < -0.4 is 9.62 Å². The molecule has 1 amide bonds. The Morgan fingerprint density at radius 2 is 1.62 bits per heavy atom. The van der Waals surface area contributed by atoms with Gasteiger partial charge in [0.05, 0.1) is 16.3 Å². The van der Waals surface area contributed by atoms with Crippen LogP contribution in [0.3, 0.4) is 0 Å². The summed E-state index contributed by atoms with van der Waals surface area (Å²) in [5, 5.41) is 4.96. The Morgan fingerprint density at radius 1 is 1.00 bits per heavy atom. The van der Waals surface area contributed by atoms with E-state index in [0.717, 1.165) is 37.6 Å². The molecule has 3 aromatic rings. The second-order valence-corrected chi connectivity index (χ2v) is 13.2. The maximum absolute atomic E-state index is 13.6. The average Bonchev–Trinajstić information content (AvgIpc) is 3.58. The van der Waals surface area contributed by atoms with E-state index in [1.165, 1.54) is 0 Å². The number of benzene rings is 2. The van der Waals surface area contributed by atoms with Gasteiger partial charge in [-0.3, -0.25) is 4.79 Å². The van der Waals surface area contributed by atoms with Crippen molar-refractivity contribution < 1.29 is 27.3 Å². The van der Waals surface area contributed by atoms with Crippen LogP contribution in [0, 0.1) is 0 Å². The fourth-order valence-corrected chi connectivity index (χ4v) is 6.92. The van der Waals surface area contributed by atoms with E-state index in [0.29, 0.717) is 45.5 Å². The van der Waals surface area contributed by atoms with Crippen molar-refractivity contribution in [3.05, 3.63) is 69.4 Å². The number of hydrogen-bond donors (Lipinski definition) is 1. The minimum absolute atomic E-state index is 0.130. The maximum atomic E-state index is 13.6. The summed E-state index contributed by atoms with van der Waals surface area (Å²) >= 11 is 12.9. The van der Waals surface area contributed by atoms with Crippen LogP contribution in [0.2, 0.25) is 10.0 Å². The van der Waals surface area contributed by atoms with Crippen molar-refractivity contribution in [1.82, 2.24) is 9.88 Å². The normalized spacial score (nSPS) is 22.3. The zero-order valence-electron chi connectivity index (χ0n) is 21.6. The number of carbonyl (C=O) groups is 2. The number of halogens is 2. The third-order valence-corrected chi connectivity index (χ3v) is 8.93. The van der Waals surface area contributed by atoms with Gasteiger partial charge in [0.1, 0.15) is 17.4 Å². The van der Waals surface area contributed by atoms with Gasteiger partial charge < -0.3 is 14.2 Å². The standard InChI is InChI=1S/C28H27Cl2N3O6S/c1-40(36,37)32-27(34)16-7-9-17(10-8-16)33-18-11-12-19(33)14-20(13-18)38-28(35)24-25(31-39-26(24)15-5-6-15)23-21(29)3-2-4-22(23)30/h2-4,7-10,15,18-20H,5-6,11-14H2,1H3,(H,32,34)/t18-,19+,20+. The SMILES string of the molecule is CS(=O)(=O)NC(=O)c1ccc(N2[C@@H]3CC[C@H]2C[C@@H](OC(=O)c2c(-c4c(Cl)cccc4Cl)noc2C2CC2)C3)cc1. The van der Waals surface area contributed by atoms with Crippen molar-refractivity contribution in [2.45, 2.75) is 62.6 Å². The van der Waals surface area contributed by atoms with Gasteiger partial charge in [0.25, 0.3) is 5.91 Å². The monoisotopic (exact) mass is 603 g/mol. The number of nitrogens with zero attached hydrogens (tertiary/aromatic N) is 2. The van der Waals surface area contributed by atoms with Gasteiger partial charge in [-0.1, -0.05) is 34.4 Å². The number of hydrogen-bond acceptors (Lipinski definition) is 8. The molecule has 1 aliphatic carbocycles. The summed E-state index contributed by atoms with van der Waals surface area (Å²) in [7, 11) is -3.64. The van der Waals surface area contributed by atoms with E-state index < -0.39 is 21.9 Å². The quantitative estimate of drug-likeness (QED) is 0.348. The van der Waals surface area contributed by atoms with E-state index in [2.05, 4.69) is 10.1 Å². The van der Waals surface area contributed by atoms with Crippen molar-refractivity contribution in [1.29, 1.82) is 0 Å². The van der Waals surface area contributed by atoms with E-state index in [-0.39, 0.29) is 29.7 Å². The number of esters is 1. The third-order valence-electron chi connectivity index (χ3n) is 7.74. The van der Waals surface area contributed by atoms with Gasteiger partial charge >= 0.3 is 5.97 Å². The predicted octanol–water partition coefficient (Wildman–Crippen LogP) is 5.57. The van der Waals surface area contributed by atoms with Crippen LogP contribution in [0.4, 0.5) is 5.69 Å². The van der Waals surface area contributed by atoms with Crippen molar-refractivity contribution in [2.75, 3.05) is 11.2 Å². The van der Waals surface area contributed by atoms with Gasteiger partial charge in [-0.25, -0.2) is 17.9 Å². The maximum Gasteiger partial charge on any atom is 0.344 e. The van der Waals surface area contributed by atoms with Crippen molar-refractivity contribution in [3.63, 3.8) is 0 Å². The lowest BCUT2D eigenvalue weighted by atomic mass is 9.98. The first-order valence-corrected chi connectivity index (χ1v) is 15.8. The topological polar surface area (TPSA) is 119 Å². The molecule has 1 aromatic heterocycles. The molecule has 6 rings (SSSR count). The van der Waals surface area contributed by atoms with E-state index in [1.807, 2.05) is 16.9 Å². The molecule has 2 bridgehead atoms. The number of carbonyl (C=O) groups excluding carboxylic acids is 2. The highest BCUT2D eigenvalue weighted by molar-refractivity contribution is 7.89. The van der Waals surface area contributed by atoms with Crippen LogP contribution in [0.25, 0.3) is 11.3 Å². The molecule has 12 heteroatoms. The molecule has 0 radical (unpaired) electrons. The lowest BCUT2D eigenvalue weighted by Gasteiger charge is -2.40. The number of amides is 1. The Hall–Kier alpha value is -3.08. The molecule has 210 valence electrons. The predicted molar refractivity (Wildman–Crippen MR) is 150 cm³/mol. The molecule has 9 nitrogen and oxygen atoms in total. The van der Waals surface area contributed by atoms with Gasteiger partial charge in [-0.05, 0) is 62.1 Å². The van der Waals surface area contributed by atoms with E-state index in [9.17, 15) is 18.0 Å². The van der Waals surface area contributed by atoms with E-state index >= 15 is 0 Å². The molecule has 3 atom stereocenters. The number of piperidine rings is 1. The summed E-state index contributed by atoms with van der Waals surface area (Å²) in [6.45, 7) is 0. The van der Waals surface area contributed by atoms with Gasteiger partial charge in [0.2, 0.25) is 10.0 Å². The summed E-state index contributed by atoms with van der Waals surface area (Å²) < 4.78 is 36.5. The molecule has 1 N–H and O–H groups in total. The third kappa shape index (κ3) is 5.32. The lowest BCUT2D eigenvalue weighted by Crippen LogP contribution is -2.46. The number of anilines is 1. The largest absolute Gasteiger partial charge is 0.458 e. The summed E-state index contributed by atoms with van der Waals surface area (Å²) in [6.07, 6.45) is 5.72. The zero-order chi connectivity index (χ0) is 28.2. The molecule has 0 unspecified atom stereocenters.